The Hall–Kier alpha value is -3.75. The summed E-state index contributed by atoms with van der Waals surface area (Å²) in [5.74, 6) is 3.44. The second kappa shape index (κ2) is 11.5. The lowest BCUT2D eigenvalue weighted by Crippen LogP contribution is -2.74. The minimum atomic E-state index is 0.111. The fourth-order valence-electron chi connectivity index (χ4n) is 15.0. The van der Waals surface area contributed by atoms with Crippen LogP contribution in [0.25, 0.3) is 11.1 Å². The van der Waals surface area contributed by atoms with Gasteiger partial charge in [0.2, 0.25) is 0 Å². The first-order valence-corrected chi connectivity index (χ1v) is 23.6. The van der Waals surface area contributed by atoms with Gasteiger partial charge in [0, 0.05) is 32.1 Å². The van der Waals surface area contributed by atoms with E-state index in [1.54, 1.807) is 11.1 Å². The molecule has 58 heavy (non-hydrogen) atoms. The van der Waals surface area contributed by atoms with E-state index in [1.807, 2.05) is 11.8 Å². The summed E-state index contributed by atoms with van der Waals surface area (Å²) in [5.41, 5.74) is 17.2. The number of hydrogen-bond acceptors (Lipinski definition) is 2. The first-order valence-electron chi connectivity index (χ1n) is 22.8. The molecule has 0 radical (unpaired) electrons. The van der Waals surface area contributed by atoms with Crippen molar-refractivity contribution in [2.24, 2.45) is 29.1 Å². The zero-order valence-corrected chi connectivity index (χ0v) is 37.0. The first-order chi connectivity index (χ1) is 27.6. The van der Waals surface area contributed by atoms with E-state index in [-0.39, 0.29) is 27.1 Å². The highest BCUT2D eigenvalue weighted by Crippen LogP contribution is 2.89. The summed E-state index contributed by atoms with van der Waals surface area (Å²) in [7, 11) is 0. The monoisotopic (exact) mass is 779 g/mol. The fourth-order valence-corrected chi connectivity index (χ4v) is 16.2. The van der Waals surface area contributed by atoms with Gasteiger partial charge in [0.05, 0.1) is 5.69 Å². The minimum absolute atomic E-state index is 0.111. The van der Waals surface area contributed by atoms with E-state index in [0.29, 0.717) is 5.41 Å². The van der Waals surface area contributed by atoms with Crippen molar-refractivity contribution in [2.45, 2.75) is 144 Å². The summed E-state index contributed by atoms with van der Waals surface area (Å²) >= 11 is 2.05. The zero-order chi connectivity index (χ0) is 39.8. The van der Waals surface area contributed by atoms with Crippen molar-refractivity contribution in [3.05, 3.63) is 137 Å². The van der Waals surface area contributed by atoms with Crippen LogP contribution in [0.4, 0.5) is 17.1 Å². The second-order valence-corrected chi connectivity index (χ2v) is 23.8. The second-order valence-electron chi connectivity index (χ2n) is 22.7. The van der Waals surface area contributed by atoms with Gasteiger partial charge in [-0.05, 0) is 184 Å². The van der Waals surface area contributed by atoms with Crippen LogP contribution in [0.15, 0.2) is 113 Å². The number of fused-ring (bicyclic) bond motifs is 9. The molecular formula is C56H61NS. The fraction of sp³-hybridized carbons (Fsp3) is 0.464. The Labute approximate surface area is 352 Å². The lowest BCUT2D eigenvalue weighted by molar-refractivity contribution is -0.235. The molecule has 1 heterocycles. The Morgan fingerprint density at radius 3 is 1.69 bits per heavy atom. The number of nitrogens with zero attached hydrogens (tertiary/aromatic N) is 1. The molecule has 4 fully saturated rings. The van der Waals surface area contributed by atoms with Gasteiger partial charge in [-0.1, -0.05) is 128 Å². The maximum atomic E-state index is 2.74. The third kappa shape index (κ3) is 4.52. The minimum Gasteiger partial charge on any atom is -0.310 e. The van der Waals surface area contributed by atoms with Gasteiger partial charge in [0.25, 0.3) is 0 Å². The van der Waals surface area contributed by atoms with Crippen LogP contribution in [0.3, 0.4) is 0 Å². The summed E-state index contributed by atoms with van der Waals surface area (Å²) in [6, 6.07) is 41.6. The lowest BCUT2D eigenvalue weighted by atomic mass is 9.26. The third-order valence-electron chi connectivity index (χ3n) is 18.1. The average Bonchev–Trinajstić information content (AvgIpc) is 3.74. The summed E-state index contributed by atoms with van der Waals surface area (Å²) in [6.45, 7) is 19.7. The molecule has 5 aromatic carbocycles. The third-order valence-corrected chi connectivity index (χ3v) is 19.3. The molecule has 2 heteroatoms. The highest BCUT2D eigenvalue weighted by atomic mass is 32.2. The van der Waals surface area contributed by atoms with Gasteiger partial charge in [-0.2, -0.15) is 0 Å². The van der Waals surface area contributed by atoms with E-state index in [2.05, 4.69) is 163 Å². The predicted molar refractivity (Wildman–Crippen MR) is 243 cm³/mol. The molecule has 0 aromatic heterocycles. The van der Waals surface area contributed by atoms with Crippen LogP contribution < -0.4 is 4.90 Å². The largest absolute Gasteiger partial charge is 0.310 e. The molecule has 0 amide bonds. The summed E-state index contributed by atoms with van der Waals surface area (Å²) in [6.07, 6.45) is 10.7. The van der Waals surface area contributed by atoms with Crippen LogP contribution in [0.2, 0.25) is 0 Å². The number of anilines is 3. The molecular weight excluding hydrogens is 719 g/mol. The van der Waals surface area contributed by atoms with Crippen molar-refractivity contribution in [2.75, 3.05) is 4.90 Å². The number of hydrogen-bond donors (Lipinski definition) is 0. The lowest BCUT2D eigenvalue weighted by Gasteiger charge is -2.78. The van der Waals surface area contributed by atoms with Crippen LogP contribution >= 0.6 is 11.8 Å². The Bertz CT molecular complexity index is 2480. The van der Waals surface area contributed by atoms with Crippen LogP contribution in [-0.4, -0.2) is 0 Å². The van der Waals surface area contributed by atoms with E-state index in [0.717, 1.165) is 23.7 Å². The Morgan fingerprint density at radius 1 is 0.500 bits per heavy atom. The number of benzene rings is 5. The standard InChI is InChI=1S/C56H61NS/c1-51(2)22-24-53(5,6)43-29-37(18-20-40(43)51)57(38-19-21-41-44(30-38)54(7,8)25-23-52(41,3)4)46-32-48-45(31-39(46)35-14-10-9-11-15-35)56(42-16-12-13-17-47(42)58-48)49-27-34-26-36-28-50(56)55(36,49)33-34/h9-21,29-32,34,36,49-50H,22-28,33H2,1-8H3. The molecule has 6 atom stereocenters. The van der Waals surface area contributed by atoms with E-state index in [9.17, 15) is 0 Å². The van der Waals surface area contributed by atoms with Gasteiger partial charge in [-0.15, -0.1) is 0 Å². The van der Waals surface area contributed by atoms with Crippen molar-refractivity contribution in [1.82, 2.24) is 0 Å². The molecule has 6 aliphatic carbocycles. The highest BCUT2D eigenvalue weighted by Gasteiger charge is 2.84. The summed E-state index contributed by atoms with van der Waals surface area (Å²) in [4.78, 5) is 5.67. The Morgan fingerprint density at radius 2 is 1.07 bits per heavy atom. The Kier molecular flexibility index (Phi) is 7.19. The molecule has 1 aliphatic heterocycles. The Balaban J connectivity index is 1.13. The zero-order valence-electron chi connectivity index (χ0n) is 36.1. The van der Waals surface area contributed by atoms with Gasteiger partial charge < -0.3 is 4.90 Å². The molecule has 6 unspecified atom stereocenters. The van der Waals surface area contributed by atoms with Crippen molar-refractivity contribution in [1.29, 1.82) is 0 Å². The first kappa shape index (κ1) is 36.1. The quantitative estimate of drug-likeness (QED) is 0.179. The normalized spacial score (nSPS) is 31.5. The number of rotatable bonds is 4. The van der Waals surface area contributed by atoms with Gasteiger partial charge in [0.15, 0.2) is 0 Å². The van der Waals surface area contributed by atoms with E-state index < -0.39 is 0 Å². The van der Waals surface area contributed by atoms with E-state index >= 15 is 0 Å². The molecule has 1 nitrogen and oxygen atoms in total. The van der Waals surface area contributed by atoms with Crippen molar-refractivity contribution < 1.29 is 0 Å². The van der Waals surface area contributed by atoms with Crippen LogP contribution in [-0.2, 0) is 27.1 Å². The highest BCUT2D eigenvalue weighted by molar-refractivity contribution is 7.99. The molecule has 296 valence electrons. The SMILES string of the molecule is CC1(C)CCC(C)(C)c2cc(N(c3ccc4c(c3)C(C)(C)CCC4(C)C)c3cc4c(cc3-c3ccccc3)C3(c5ccccc5S4)C4CC5CC6CC3C64C5)ccc21. The van der Waals surface area contributed by atoms with Crippen molar-refractivity contribution >= 4 is 28.8 Å². The maximum Gasteiger partial charge on any atom is 0.0551 e. The van der Waals surface area contributed by atoms with Crippen LogP contribution in [0, 0.1) is 29.1 Å². The molecule has 7 aliphatic rings. The average molecular weight is 780 g/mol. The summed E-state index contributed by atoms with van der Waals surface area (Å²) < 4.78 is 0. The van der Waals surface area contributed by atoms with Gasteiger partial charge in [-0.25, -0.2) is 0 Å². The van der Waals surface area contributed by atoms with Gasteiger partial charge in [0.1, 0.15) is 0 Å². The van der Waals surface area contributed by atoms with E-state index in [1.165, 1.54) is 112 Å². The van der Waals surface area contributed by atoms with Crippen LogP contribution in [0.1, 0.15) is 140 Å². The molecule has 2 bridgehead atoms. The smallest absolute Gasteiger partial charge is 0.0551 e. The predicted octanol–water partition coefficient (Wildman–Crippen LogP) is 15.3. The van der Waals surface area contributed by atoms with Crippen molar-refractivity contribution in [3.8, 4) is 11.1 Å². The molecule has 2 spiro atoms. The van der Waals surface area contributed by atoms with Gasteiger partial charge in [-0.3, -0.25) is 0 Å². The van der Waals surface area contributed by atoms with Gasteiger partial charge >= 0.3 is 0 Å². The molecule has 0 saturated heterocycles. The molecule has 12 rings (SSSR count). The maximum absolute atomic E-state index is 2.74. The molecule has 0 N–H and O–H groups in total. The summed E-state index contributed by atoms with van der Waals surface area (Å²) in [5, 5.41) is 0. The topological polar surface area (TPSA) is 3.24 Å². The van der Waals surface area contributed by atoms with Crippen molar-refractivity contribution in [3.63, 3.8) is 0 Å². The molecule has 4 saturated carbocycles. The van der Waals surface area contributed by atoms with E-state index in [4.69, 9.17) is 0 Å². The van der Waals surface area contributed by atoms with Crippen LogP contribution in [0.5, 0.6) is 0 Å². The molecule has 5 aromatic rings.